The Bertz CT molecular complexity index is 896. The number of methoxy groups -OCH3 is 1. The summed E-state index contributed by atoms with van der Waals surface area (Å²) in [5.41, 5.74) is -12.0. The first kappa shape index (κ1) is 22.2. The van der Waals surface area contributed by atoms with Crippen LogP contribution in [0.2, 0.25) is 0 Å². The highest BCUT2D eigenvalue weighted by atomic mass is 32.3. The zero-order valence-electron chi connectivity index (χ0n) is 13.0. The van der Waals surface area contributed by atoms with Crippen molar-refractivity contribution in [2.45, 2.75) is 28.8 Å². The van der Waals surface area contributed by atoms with Crippen molar-refractivity contribution < 1.29 is 48.5 Å². The Morgan fingerprint density at radius 1 is 1.00 bits per heavy atom. The topological polar surface area (TPSA) is 89.9 Å². The van der Waals surface area contributed by atoms with Gasteiger partial charge in [-0.2, -0.15) is 34.8 Å². The third-order valence-corrected chi connectivity index (χ3v) is 6.81. The summed E-state index contributed by atoms with van der Waals surface area (Å²) in [7, 11) is -11.6. The van der Waals surface area contributed by atoms with E-state index >= 15 is 0 Å². The molecule has 0 saturated carbocycles. The number of carbonyl (C=O) groups is 1. The van der Waals surface area contributed by atoms with Crippen LogP contribution >= 0.6 is 0 Å². The number of sulfonamides is 1. The van der Waals surface area contributed by atoms with E-state index in [0.717, 1.165) is 19.2 Å². The van der Waals surface area contributed by atoms with E-state index in [4.69, 9.17) is 0 Å². The van der Waals surface area contributed by atoms with E-state index in [1.165, 1.54) is 6.92 Å². The van der Waals surface area contributed by atoms with Gasteiger partial charge in [0.05, 0.1) is 17.9 Å². The maximum absolute atomic E-state index is 13.1. The Morgan fingerprint density at radius 3 is 1.81 bits per heavy atom. The summed E-state index contributed by atoms with van der Waals surface area (Å²) in [5, 5.41) is 0. The smallest absolute Gasteiger partial charge is 0.469 e. The Labute approximate surface area is 144 Å². The Balaban J connectivity index is 3.60. The van der Waals surface area contributed by atoms with Gasteiger partial charge in [0.15, 0.2) is 9.73 Å². The van der Waals surface area contributed by atoms with Gasteiger partial charge in [-0.3, -0.25) is 4.79 Å². The monoisotopic (exact) mass is 427 g/mol. The molecule has 2 atom stereocenters. The molecular weight excluding hydrogens is 416 g/mol. The van der Waals surface area contributed by atoms with Crippen molar-refractivity contribution in [1.82, 2.24) is 0 Å². The molecule has 0 aliphatic rings. The molecule has 148 valence electrons. The predicted molar refractivity (Wildman–Crippen MR) is 76.7 cm³/mol. The van der Waals surface area contributed by atoms with Crippen molar-refractivity contribution in [2.24, 2.45) is 3.77 Å². The summed E-state index contributed by atoms with van der Waals surface area (Å²) in [4.78, 5) is 10.1. The van der Waals surface area contributed by atoms with Crippen LogP contribution in [-0.2, 0) is 29.3 Å². The summed E-state index contributed by atoms with van der Waals surface area (Å²) < 4.78 is 116. The maximum Gasteiger partial charge on any atom is 0.519 e. The summed E-state index contributed by atoms with van der Waals surface area (Å²) in [5.74, 6) is -1.69. The van der Waals surface area contributed by atoms with Crippen LogP contribution in [0.25, 0.3) is 0 Å². The van der Waals surface area contributed by atoms with Gasteiger partial charge in [0, 0.05) is 0 Å². The number of alkyl halides is 6. The normalized spacial score (nSPS) is 16.5. The Kier molecular flexibility index (Phi) is 6.03. The van der Waals surface area contributed by atoms with Crippen LogP contribution in [0.3, 0.4) is 0 Å². The summed E-state index contributed by atoms with van der Waals surface area (Å²) in [6, 6.07) is 2.72. The molecule has 1 aromatic carbocycles. The van der Waals surface area contributed by atoms with Crippen molar-refractivity contribution in [2.75, 3.05) is 7.11 Å². The lowest BCUT2D eigenvalue weighted by molar-refractivity contribution is -0.142. The first-order valence-electron chi connectivity index (χ1n) is 6.40. The van der Waals surface area contributed by atoms with Crippen molar-refractivity contribution in [1.29, 1.82) is 0 Å². The number of carbonyl (C=O) groups excluding carboxylic acids is 1. The van der Waals surface area contributed by atoms with Gasteiger partial charge >= 0.3 is 27.0 Å². The van der Waals surface area contributed by atoms with Crippen LogP contribution in [-0.4, -0.2) is 36.7 Å². The van der Waals surface area contributed by atoms with E-state index in [0.29, 0.717) is 12.1 Å². The SMILES string of the molecule is COC(=O)C(C)c1ccc(S(=O)(=NS(=O)(=O)C(F)(F)F)C(F)(F)F)cc1. The number of nitrogens with zero attached hydrogens (tertiary/aromatic N) is 1. The molecule has 0 aliphatic carbocycles. The lowest BCUT2D eigenvalue weighted by Gasteiger charge is -2.15. The molecule has 14 heteroatoms. The van der Waals surface area contributed by atoms with Crippen LogP contribution in [0.5, 0.6) is 0 Å². The van der Waals surface area contributed by atoms with Crippen LogP contribution in [0.1, 0.15) is 18.4 Å². The minimum atomic E-state index is -6.68. The van der Waals surface area contributed by atoms with Crippen molar-refractivity contribution >= 4 is 25.7 Å². The second-order valence-corrected chi connectivity index (χ2v) is 8.78. The van der Waals surface area contributed by atoms with Crippen molar-refractivity contribution in [3.63, 3.8) is 0 Å². The largest absolute Gasteiger partial charge is 0.519 e. The van der Waals surface area contributed by atoms with Crippen LogP contribution in [0, 0.1) is 0 Å². The van der Waals surface area contributed by atoms with Crippen LogP contribution in [0.15, 0.2) is 32.9 Å². The molecule has 6 nitrogen and oxygen atoms in total. The molecule has 26 heavy (non-hydrogen) atoms. The van der Waals surface area contributed by atoms with E-state index in [1.807, 2.05) is 0 Å². The molecular formula is C12H11F6NO5S2. The fourth-order valence-electron chi connectivity index (χ4n) is 1.65. The van der Waals surface area contributed by atoms with E-state index in [1.54, 1.807) is 3.77 Å². The summed E-state index contributed by atoms with van der Waals surface area (Å²) in [6.07, 6.45) is 0. The van der Waals surface area contributed by atoms with E-state index in [9.17, 15) is 43.8 Å². The van der Waals surface area contributed by atoms with Gasteiger partial charge in [0.1, 0.15) is 0 Å². The quantitative estimate of drug-likeness (QED) is 0.544. The predicted octanol–water partition coefficient (Wildman–Crippen LogP) is 3.16. The minimum absolute atomic E-state index is 0.100. The molecule has 0 spiro atoms. The van der Waals surface area contributed by atoms with Crippen molar-refractivity contribution in [3.8, 4) is 0 Å². The lowest BCUT2D eigenvalue weighted by Crippen LogP contribution is -2.28. The Morgan fingerprint density at radius 2 is 1.46 bits per heavy atom. The maximum atomic E-state index is 13.1. The second kappa shape index (κ2) is 7.06. The lowest BCUT2D eigenvalue weighted by atomic mass is 10.0. The molecule has 0 saturated heterocycles. The number of benzene rings is 1. The van der Waals surface area contributed by atoms with Gasteiger partial charge in [-0.15, -0.1) is 0 Å². The fraction of sp³-hybridized carbons (Fsp3) is 0.417. The molecule has 0 N–H and O–H groups in total. The average molecular weight is 427 g/mol. The van der Waals surface area contributed by atoms with E-state index < -0.39 is 47.6 Å². The van der Waals surface area contributed by atoms with Gasteiger partial charge in [-0.1, -0.05) is 15.9 Å². The summed E-state index contributed by atoms with van der Waals surface area (Å²) >= 11 is 0. The molecule has 0 aromatic heterocycles. The highest BCUT2D eigenvalue weighted by Crippen LogP contribution is 2.37. The highest BCUT2D eigenvalue weighted by Gasteiger charge is 2.52. The van der Waals surface area contributed by atoms with Gasteiger partial charge in [-0.05, 0) is 24.6 Å². The molecule has 1 aromatic rings. The molecule has 2 unspecified atom stereocenters. The van der Waals surface area contributed by atoms with Gasteiger partial charge in [-0.25, -0.2) is 4.21 Å². The fourth-order valence-corrected chi connectivity index (χ4v) is 4.55. The Hall–Kier alpha value is -1.83. The third kappa shape index (κ3) is 4.28. The van der Waals surface area contributed by atoms with Gasteiger partial charge < -0.3 is 4.74 Å². The zero-order chi connectivity index (χ0) is 20.6. The van der Waals surface area contributed by atoms with Crippen LogP contribution < -0.4 is 0 Å². The van der Waals surface area contributed by atoms with E-state index in [2.05, 4.69) is 4.74 Å². The molecule has 0 aliphatic heterocycles. The zero-order valence-corrected chi connectivity index (χ0v) is 14.6. The number of hydrogen-bond acceptors (Lipinski definition) is 5. The number of ether oxygens (including phenoxy) is 1. The molecule has 0 heterocycles. The van der Waals surface area contributed by atoms with Gasteiger partial charge in [0.2, 0.25) is 0 Å². The number of hydrogen-bond donors (Lipinski definition) is 0. The highest BCUT2D eigenvalue weighted by molar-refractivity contribution is 8.04. The standard InChI is InChI=1S/C12H11F6NO5S2/c1-7(10(20)24-2)8-3-5-9(6-4-8)25(21,11(13,14)15)19-26(22,23)12(16,17)18/h3-7H,1-2H3. The van der Waals surface area contributed by atoms with E-state index in [-0.39, 0.29) is 5.56 Å². The minimum Gasteiger partial charge on any atom is -0.469 e. The molecule has 1 rings (SSSR count). The molecule has 0 radical (unpaired) electrons. The molecule has 0 fully saturated rings. The van der Waals surface area contributed by atoms with Crippen LogP contribution in [0.4, 0.5) is 26.3 Å². The van der Waals surface area contributed by atoms with Crippen molar-refractivity contribution in [3.05, 3.63) is 29.8 Å². The number of esters is 1. The summed E-state index contributed by atoms with van der Waals surface area (Å²) in [6.45, 7) is 1.33. The number of halogens is 6. The first-order chi connectivity index (χ1) is 11.6. The second-order valence-electron chi connectivity index (χ2n) is 4.78. The average Bonchev–Trinajstić information content (AvgIpc) is 2.50. The third-order valence-electron chi connectivity index (χ3n) is 3.06. The molecule has 0 bridgehead atoms. The van der Waals surface area contributed by atoms with Gasteiger partial charge in [0.25, 0.3) is 0 Å². The number of rotatable bonds is 4. The first-order valence-corrected chi connectivity index (χ1v) is 9.36. The molecule has 0 amide bonds.